The van der Waals surface area contributed by atoms with Gasteiger partial charge in [0.15, 0.2) is 5.78 Å². The first-order chi connectivity index (χ1) is 11.5. The Morgan fingerprint density at radius 2 is 1.80 bits per heavy atom. The molecule has 2 heterocycles. The molecule has 132 valence electrons. The van der Waals surface area contributed by atoms with Crippen LogP contribution in [-0.2, 0) is 20.6 Å². The Balaban J connectivity index is 2.07. The molecule has 0 unspecified atom stereocenters. The summed E-state index contributed by atoms with van der Waals surface area (Å²) in [6.45, 7) is 8.98. The summed E-state index contributed by atoms with van der Waals surface area (Å²) in [6.07, 6.45) is 0. The first-order valence-corrected chi connectivity index (χ1v) is 8.11. The quantitative estimate of drug-likeness (QED) is 0.670. The van der Waals surface area contributed by atoms with Crippen LogP contribution in [0.3, 0.4) is 0 Å². The molecule has 0 radical (unpaired) electrons. The first-order valence-electron chi connectivity index (χ1n) is 8.11. The van der Waals surface area contributed by atoms with Crippen LogP contribution in [0.5, 0.6) is 0 Å². The van der Waals surface area contributed by atoms with Gasteiger partial charge in [0, 0.05) is 12.3 Å². The molecule has 8 heteroatoms. The zero-order chi connectivity index (χ0) is 18.6. The van der Waals surface area contributed by atoms with Crippen molar-refractivity contribution in [2.75, 3.05) is 0 Å². The van der Waals surface area contributed by atoms with Crippen molar-refractivity contribution in [1.29, 1.82) is 0 Å². The molecular formula is C17H21BN2O5. The average molecular weight is 344 g/mol. The molecule has 2 aromatic rings. The second-order valence-corrected chi connectivity index (χ2v) is 7.32. The van der Waals surface area contributed by atoms with Crippen molar-refractivity contribution in [1.82, 2.24) is 9.78 Å². The summed E-state index contributed by atoms with van der Waals surface area (Å²) in [5, 5.41) is 13.8. The molecule has 1 aliphatic heterocycles. The molecule has 0 aliphatic carbocycles. The highest BCUT2D eigenvalue weighted by atomic mass is 16.7. The molecule has 0 bridgehead atoms. The maximum atomic E-state index is 11.9. The molecule has 1 aromatic heterocycles. The molecule has 25 heavy (non-hydrogen) atoms. The van der Waals surface area contributed by atoms with Gasteiger partial charge in [0.2, 0.25) is 0 Å². The highest BCUT2D eigenvalue weighted by Crippen LogP contribution is 2.36. The van der Waals surface area contributed by atoms with Gasteiger partial charge < -0.3 is 14.4 Å². The summed E-state index contributed by atoms with van der Waals surface area (Å²) in [6, 6.07) is 5.35. The Bertz CT molecular complexity index is 855. The number of aromatic nitrogens is 2. The van der Waals surface area contributed by atoms with Gasteiger partial charge in [0.1, 0.15) is 12.2 Å². The number of Topliss-reactive ketones (excluding diaryl/α,β-unsaturated/α-hetero) is 1. The molecule has 0 spiro atoms. The van der Waals surface area contributed by atoms with Crippen molar-refractivity contribution in [3.8, 4) is 0 Å². The van der Waals surface area contributed by atoms with Gasteiger partial charge in [-0.1, -0.05) is 12.1 Å². The molecular weight excluding hydrogens is 323 g/mol. The lowest BCUT2D eigenvalue weighted by Gasteiger charge is -2.32. The minimum Gasteiger partial charge on any atom is -0.480 e. The fraction of sp³-hybridized carbons (Fsp3) is 0.471. The normalized spacial score (nSPS) is 18.7. The van der Waals surface area contributed by atoms with Crippen LogP contribution in [0.4, 0.5) is 0 Å². The van der Waals surface area contributed by atoms with Gasteiger partial charge >= 0.3 is 13.1 Å². The number of benzene rings is 1. The van der Waals surface area contributed by atoms with E-state index in [-0.39, 0.29) is 18.0 Å². The van der Waals surface area contributed by atoms with Gasteiger partial charge in [-0.15, -0.1) is 0 Å². The predicted octanol–water partition coefficient (Wildman–Crippen LogP) is 1.62. The SMILES string of the molecule is CC(=O)c1nn(CC(=O)O)c2ccc(B3OC(C)(C)C(C)(C)O3)cc12. The van der Waals surface area contributed by atoms with E-state index in [1.165, 1.54) is 11.6 Å². The van der Waals surface area contributed by atoms with Crippen LogP contribution in [0.1, 0.15) is 45.1 Å². The van der Waals surface area contributed by atoms with E-state index in [1.54, 1.807) is 12.1 Å². The summed E-state index contributed by atoms with van der Waals surface area (Å²) in [7, 11) is -0.558. The van der Waals surface area contributed by atoms with Crippen LogP contribution in [0, 0.1) is 0 Å². The number of aliphatic carboxylic acids is 1. The van der Waals surface area contributed by atoms with Crippen LogP contribution in [0.2, 0.25) is 0 Å². The van der Waals surface area contributed by atoms with E-state index in [1.807, 2.05) is 33.8 Å². The minimum absolute atomic E-state index is 0.222. The van der Waals surface area contributed by atoms with Crippen molar-refractivity contribution in [2.45, 2.75) is 52.4 Å². The number of fused-ring (bicyclic) bond motifs is 1. The Labute approximate surface area is 146 Å². The molecule has 0 amide bonds. The molecule has 1 aromatic carbocycles. The maximum absolute atomic E-state index is 11.9. The van der Waals surface area contributed by atoms with Crippen LogP contribution in [-0.4, -0.2) is 45.0 Å². The summed E-state index contributed by atoms with van der Waals surface area (Å²) in [4.78, 5) is 22.9. The van der Waals surface area contributed by atoms with Crippen LogP contribution < -0.4 is 5.46 Å². The summed E-state index contributed by atoms with van der Waals surface area (Å²) >= 11 is 0. The highest BCUT2D eigenvalue weighted by molar-refractivity contribution is 6.62. The van der Waals surface area contributed by atoms with Crippen LogP contribution >= 0.6 is 0 Å². The Hall–Kier alpha value is -2.19. The third kappa shape index (κ3) is 2.96. The lowest BCUT2D eigenvalue weighted by atomic mass is 9.78. The largest absolute Gasteiger partial charge is 0.494 e. The number of hydrogen-bond acceptors (Lipinski definition) is 5. The number of carbonyl (C=O) groups is 2. The molecule has 0 saturated carbocycles. The number of carbonyl (C=O) groups excluding carboxylic acids is 1. The third-order valence-corrected chi connectivity index (χ3v) is 4.92. The molecule has 0 atom stereocenters. The fourth-order valence-corrected chi connectivity index (χ4v) is 2.83. The highest BCUT2D eigenvalue weighted by Gasteiger charge is 2.51. The lowest BCUT2D eigenvalue weighted by molar-refractivity contribution is -0.137. The van der Waals surface area contributed by atoms with E-state index < -0.39 is 24.3 Å². The Morgan fingerprint density at radius 3 is 2.32 bits per heavy atom. The standard InChI is InChI=1S/C17H21BN2O5/c1-10(21)15-12-8-11(18-24-16(2,3)17(4,5)25-18)6-7-13(12)20(19-15)9-14(22)23/h6-8H,9H2,1-5H3,(H,22,23). The molecule has 1 saturated heterocycles. The van der Waals surface area contributed by atoms with Crippen LogP contribution in [0.15, 0.2) is 18.2 Å². The molecule has 1 fully saturated rings. The number of ketones is 1. The third-order valence-electron chi connectivity index (χ3n) is 4.92. The number of nitrogens with zero attached hydrogens (tertiary/aromatic N) is 2. The van der Waals surface area contributed by atoms with E-state index in [2.05, 4.69) is 5.10 Å². The maximum Gasteiger partial charge on any atom is 0.494 e. The first kappa shape index (κ1) is 17.6. The second-order valence-electron chi connectivity index (χ2n) is 7.32. The molecule has 1 aliphatic rings. The van der Waals surface area contributed by atoms with E-state index in [0.717, 1.165) is 5.46 Å². The Morgan fingerprint density at radius 1 is 1.20 bits per heavy atom. The van der Waals surface area contributed by atoms with E-state index in [0.29, 0.717) is 10.9 Å². The Kier molecular flexibility index (Phi) is 4.00. The molecule has 7 nitrogen and oxygen atoms in total. The summed E-state index contributed by atoms with van der Waals surface area (Å²) in [5.74, 6) is -1.24. The topological polar surface area (TPSA) is 90.7 Å². The van der Waals surface area contributed by atoms with Gasteiger partial charge in [0.25, 0.3) is 0 Å². The smallest absolute Gasteiger partial charge is 0.480 e. The van der Waals surface area contributed by atoms with E-state index in [9.17, 15) is 9.59 Å². The van der Waals surface area contributed by atoms with Gasteiger partial charge in [-0.05, 0) is 39.2 Å². The van der Waals surface area contributed by atoms with Crippen molar-refractivity contribution in [3.05, 3.63) is 23.9 Å². The number of hydrogen-bond donors (Lipinski definition) is 1. The van der Waals surface area contributed by atoms with Gasteiger partial charge in [-0.3, -0.25) is 14.3 Å². The van der Waals surface area contributed by atoms with Gasteiger partial charge in [-0.2, -0.15) is 5.10 Å². The number of rotatable bonds is 4. The average Bonchev–Trinajstić information content (AvgIpc) is 2.93. The second kappa shape index (κ2) is 5.67. The van der Waals surface area contributed by atoms with E-state index in [4.69, 9.17) is 14.4 Å². The summed E-state index contributed by atoms with van der Waals surface area (Å²) < 4.78 is 13.4. The van der Waals surface area contributed by atoms with Gasteiger partial charge in [-0.25, -0.2) is 0 Å². The van der Waals surface area contributed by atoms with Crippen molar-refractivity contribution >= 4 is 35.2 Å². The number of carboxylic acid groups (broad SMARTS) is 1. The predicted molar refractivity (Wildman–Crippen MR) is 93.1 cm³/mol. The molecule has 3 rings (SSSR count). The monoisotopic (exact) mass is 344 g/mol. The van der Waals surface area contributed by atoms with Crippen molar-refractivity contribution in [3.63, 3.8) is 0 Å². The van der Waals surface area contributed by atoms with Crippen molar-refractivity contribution < 1.29 is 24.0 Å². The minimum atomic E-state index is -1.02. The molecule has 1 N–H and O–H groups in total. The fourth-order valence-electron chi connectivity index (χ4n) is 2.83. The van der Waals surface area contributed by atoms with Gasteiger partial charge in [0.05, 0.1) is 16.7 Å². The van der Waals surface area contributed by atoms with E-state index >= 15 is 0 Å². The zero-order valence-corrected chi connectivity index (χ0v) is 15.0. The summed E-state index contributed by atoms with van der Waals surface area (Å²) in [5.41, 5.74) is 0.665. The lowest BCUT2D eigenvalue weighted by Crippen LogP contribution is -2.41. The van der Waals surface area contributed by atoms with Crippen molar-refractivity contribution in [2.24, 2.45) is 0 Å². The zero-order valence-electron chi connectivity index (χ0n) is 15.0. The van der Waals surface area contributed by atoms with Crippen LogP contribution in [0.25, 0.3) is 10.9 Å². The number of carboxylic acids is 1.